The Kier molecular flexibility index (Phi) is 4.42. The van der Waals surface area contributed by atoms with Gasteiger partial charge in [0.15, 0.2) is 0 Å². The highest BCUT2D eigenvalue weighted by molar-refractivity contribution is 5.89. The number of ether oxygens (including phenoxy) is 1. The summed E-state index contributed by atoms with van der Waals surface area (Å²) in [5.41, 5.74) is -0.695. The molecule has 0 amide bonds. The molecule has 1 heterocycles. The maximum atomic E-state index is 12.9. The summed E-state index contributed by atoms with van der Waals surface area (Å²) in [5.74, 6) is -0.0473. The van der Waals surface area contributed by atoms with E-state index in [9.17, 15) is 18.0 Å². The van der Waals surface area contributed by atoms with Gasteiger partial charge in [0.25, 0.3) is 0 Å². The number of esters is 1. The maximum absolute atomic E-state index is 12.9. The first kappa shape index (κ1) is 16.3. The zero-order valence-electron chi connectivity index (χ0n) is 12.6. The lowest BCUT2D eigenvalue weighted by Gasteiger charge is -2.12. The number of pyridine rings is 1. The number of rotatable bonds is 5. The van der Waals surface area contributed by atoms with Crippen LogP contribution in [0, 0.1) is 0 Å². The Morgan fingerprint density at radius 3 is 2.58 bits per heavy atom. The molecule has 1 fully saturated rings. The van der Waals surface area contributed by atoms with Crippen LogP contribution in [0.2, 0.25) is 0 Å². The fourth-order valence-electron chi connectivity index (χ4n) is 2.19. The van der Waals surface area contributed by atoms with Crippen molar-refractivity contribution in [3.63, 3.8) is 0 Å². The minimum atomic E-state index is -4.49. The molecule has 7 heteroatoms. The molecule has 0 bridgehead atoms. The average molecular weight is 336 g/mol. The van der Waals surface area contributed by atoms with E-state index in [0.29, 0.717) is 11.9 Å². The number of halogens is 3. The van der Waals surface area contributed by atoms with Gasteiger partial charge in [0.05, 0.1) is 11.1 Å². The molecule has 0 radical (unpaired) electrons. The highest BCUT2D eigenvalue weighted by atomic mass is 19.4. The Morgan fingerprint density at radius 2 is 1.96 bits per heavy atom. The Morgan fingerprint density at radius 1 is 1.21 bits per heavy atom. The monoisotopic (exact) mass is 336 g/mol. The summed E-state index contributed by atoms with van der Waals surface area (Å²) in [6, 6.07) is 8.64. The molecule has 1 aliphatic rings. The second-order valence-electron chi connectivity index (χ2n) is 5.58. The highest BCUT2D eigenvalue weighted by Crippen LogP contribution is 2.32. The number of aromatic nitrogens is 1. The van der Waals surface area contributed by atoms with Crippen LogP contribution < -0.4 is 5.32 Å². The number of carbonyl (C=O) groups is 1. The molecule has 0 saturated heterocycles. The van der Waals surface area contributed by atoms with Crippen LogP contribution in [0.15, 0.2) is 42.6 Å². The number of anilines is 1. The van der Waals surface area contributed by atoms with Crippen LogP contribution in [-0.2, 0) is 17.5 Å². The van der Waals surface area contributed by atoms with Crippen LogP contribution in [0.5, 0.6) is 0 Å². The predicted molar refractivity (Wildman–Crippen MR) is 81.4 cm³/mol. The topological polar surface area (TPSA) is 51.2 Å². The third kappa shape index (κ3) is 4.04. The zero-order valence-corrected chi connectivity index (χ0v) is 12.6. The first-order chi connectivity index (χ1) is 11.4. The lowest BCUT2D eigenvalue weighted by Crippen LogP contribution is -2.12. The summed E-state index contributed by atoms with van der Waals surface area (Å²) >= 11 is 0. The number of nitrogens with zero attached hydrogens (tertiary/aromatic N) is 1. The molecule has 1 aromatic carbocycles. The summed E-state index contributed by atoms with van der Waals surface area (Å²) in [7, 11) is 0. The van der Waals surface area contributed by atoms with Gasteiger partial charge in [0.1, 0.15) is 12.4 Å². The van der Waals surface area contributed by atoms with Gasteiger partial charge in [-0.15, -0.1) is 0 Å². The average Bonchev–Trinajstić information content (AvgIpc) is 3.37. The largest absolute Gasteiger partial charge is 0.457 e. The molecule has 1 aromatic heterocycles. The molecule has 3 rings (SSSR count). The Hall–Kier alpha value is -2.57. The highest BCUT2D eigenvalue weighted by Gasteiger charge is 2.33. The van der Waals surface area contributed by atoms with E-state index in [1.165, 1.54) is 30.5 Å². The predicted octanol–water partition coefficient (Wildman–Crippen LogP) is 4.03. The van der Waals surface area contributed by atoms with Gasteiger partial charge in [-0.3, -0.25) is 0 Å². The summed E-state index contributed by atoms with van der Waals surface area (Å²) in [5, 5.41) is 3.18. The molecule has 0 unspecified atom stereocenters. The molecule has 24 heavy (non-hydrogen) atoms. The fourth-order valence-corrected chi connectivity index (χ4v) is 2.19. The minimum Gasteiger partial charge on any atom is -0.457 e. The van der Waals surface area contributed by atoms with Crippen molar-refractivity contribution in [1.29, 1.82) is 0 Å². The number of hydrogen-bond acceptors (Lipinski definition) is 4. The first-order valence-corrected chi connectivity index (χ1v) is 7.48. The molecule has 4 nitrogen and oxygen atoms in total. The Bertz CT molecular complexity index is 725. The van der Waals surface area contributed by atoms with E-state index in [4.69, 9.17) is 4.74 Å². The van der Waals surface area contributed by atoms with Gasteiger partial charge in [-0.05, 0) is 31.0 Å². The smallest absolute Gasteiger partial charge is 0.416 e. The number of nitrogens with one attached hydrogen (secondary N) is 1. The van der Waals surface area contributed by atoms with E-state index in [1.807, 2.05) is 0 Å². The Balaban J connectivity index is 1.63. The number of carbonyl (C=O) groups excluding carboxylic acids is 1. The molecule has 1 N–H and O–H groups in total. The van der Waals surface area contributed by atoms with Crippen molar-refractivity contribution in [2.24, 2.45) is 0 Å². The molecular weight excluding hydrogens is 321 g/mol. The molecule has 1 aliphatic carbocycles. The summed E-state index contributed by atoms with van der Waals surface area (Å²) in [4.78, 5) is 16.1. The van der Waals surface area contributed by atoms with E-state index >= 15 is 0 Å². The lowest BCUT2D eigenvalue weighted by atomic mass is 10.1. The third-order valence-electron chi connectivity index (χ3n) is 3.61. The van der Waals surface area contributed by atoms with Gasteiger partial charge in [-0.2, -0.15) is 13.2 Å². The van der Waals surface area contributed by atoms with Gasteiger partial charge in [0, 0.05) is 17.8 Å². The second kappa shape index (κ2) is 6.51. The van der Waals surface area contributed by atoms with Crippen molar-refractivity contribution < 1.29 is 22.7 Å². The van der Waals surface area contributed by atoms with Crippen LogP contribution in [0.1, 0.15) is 34.3 Å². The van der Waals surface area contributed by atoms with Crippen molar-refractivity contribution in [3.8, 4) is 0 Å². The normalized spacial score (nSPS) is 14.3. The molecule has 2 aromatic rings. The van der Waals surface area contributed by atoms with Gasteiger partial charge in [-0.1, -0.05) is 18.2 Å². The fraction of sp³-hybridized carbons (Fsp3) is 0.294. The van der Waals surface area contributed by atoms with Crippen LogP contribution in [0.3, 0.4) is 0 Å². The SMILES string of the molecule is O=C(OCc1ccccc1C(F)(F)F)c1ccc(NC2CC2)nc1. The van der Waals surface area contributed by atoms with Crippen LogP contribution in [0.4, 0.5) is 19.0 Å². The molecule has 1 saturated carbocycles. The molecule has 0 aliphatic heterocycles. The maximum Gasteiger partial charge on any atom is 0.416 e. The van der Waals surface area contributed by atoms with Crippen molar-refractivity contribution in [1.82, 2.24) is 4.98 Å². The lowest BCUT2D eigenvalue weighted by molar-refractivity contribution is -0.138. The van der Waals surface area contributed by atoms with Gasteiger partial charge < -0.3 is 10.1 Å². The van der Waals surface area contributed by atoms with E-state index in [1.54, 1.807) is 6.07 Å². The number of hydrogen-bond donors (Lipinski definition) is 1. The Labute approximate surface area is 136 Å². The zero-order chi connectivity index (χ0) is 17.2. The molecule has 0 spiro atoms. The van der Waals surface area contributed by atoms with Gasteiger partial charge in [-0.25, -0.2) is 9.78 Å². The third-order valence-corrected chi connectivity index (χ3v) is 3.61. The number of alkyl halides is 3. The van der Waals surface area contributed by atoms with Crippen LogP contribution in [-0.4, -0.2) is 17.0 Å². The summed E-state index contributed by atoms with van der Waals surface area (Å²) in [6.45, 7) is -0.448. The molecular formula is C17H15F3N2O2. The van der Waals surface area contributed by atoms with Gasteiger partial charge >= 0.3 is 12.1 Å². The van der Waals surface area contributed by atoms with E-state index in [0.717, 1.165) is 18.9 Å². The van der Waals surface area contributed by atoms with E-state index in [-0.39, 0.29) is 11.1 Å². The summed E-state index contributed by atoms with van der Waals surface area (Å²) in [6.07, 6.45) is -0.933. The quantitative estimate of drug-likeness (QED) is 0.838. The van der Waals surface area contributed by atoms with Crippen LogP contribution >= 0.6 is 0 Å². The van der Waals surface area contributed by atoms with Gasteiger partial charge in [0.2, 0.25) is 0 Å². The standard InChI is InChI=1S/C17H15F3N2O2/c18-17(19,20)14-4-2-1-3-12(14)10-24-16(23)11-5-8-15(21-9-11)22-13-6-7-13/h1-5,8-9,13H,6-7,10H2,(H,21,22). The van der Waals surface area contributed by atoms with Crippen molar-refractivity contribution in [3.05, 3.63) is 59.3 Å². The van der Waals surface area contributed by atoms with E-state index in [2.05, 4.69) is 10.3 Å². The second-order valence-corrected chi connectivity index (χ2v) is 5.58. The van der Waals surface area contributed by atoms with Crippen molar-refractivity contribution in [2.45, 2.75) is 31.7 Å². The molecule has 126 valence electrons. The minimum absolute atomic E-state index is 0.0849. The first-order valence-electron chi connectivity index (χ1n) is 7.48. The van der Waals surface area contributed by atoms with E-state index < -0.39 is 24.3 Å². The van der Waals surface area contributed by atoms with Crippen molar-refractivity contribution in [2.75, 3.05) is 5.32 Å². The van der Waals surface area contributed by atoms with Crippen molar-refractivity contribution >= 4 is 11.8 Å². The number of benzene rings is 1. The van der Waals surface area contributed by atoms with Crippen LogP contribution in [0.25, 0.3) is 0 Å². The summed E-state index contributed by atoms with van der Waals surface area (Å²) < 4.78 is 43.7. The molecule has 0 atom stereocenters.